The number of aromatic nitrogens is 2. The third-order valence-corrected chi connectivity index (χ3v) is 7.61. The number of carbonyl (C=O) groups excluding carboxylic acids is 3. The number of alkyl carbamates (subject to hydrolysis) is 1. The van der Waals surface area contributed by atoms with Gasteiger partial charge in [0.25, 0.3) is 5.91 Å². The van der Waals surface area contributed by atoms with Gasteiger partial charge in [-0.05, 0) is 79.9 Å². The fourth-order valence-electron chi connectivity index (χ4n) is 5.41. The van der Waals surface area contributed by atoms with Crippen LogP contribution in [0, 0.1) is 5.92 Å². The Morgan fingerprint density at radius 3 is 2.56 bits per heavy atom. The molecule has 0 spiro atoms. The minimum atomic E-state index is -0.830. The molecule has 10 nitrogen and oxygen atoms in total. The zero-order chi connectivity index (χ0) is 28.6. The van der Waals surface area contributed by atoms with Crippen LogP contribution in [0.1, 0.15) is 62.8 Å². The molecule has 2 aliphatic rings. The number of benzene rings is 2. The standard InChI is InChI=1S/C31H35N5O5/c1-2-15-40-31(39)34-26(12-9-21-13-14-32-19-21)28(37)29-35-27(41-36-29)16-20-7-10-22(11-8-20)30(38)33-25-17-23-5-3-4-6-24(23)18-25/h2-8,10-11,21,25-26,32H,1,9,12-19H2,(H,33,38)(H,34,39). The summed E-state index contributed by atoms with van der Waals surface area (Å²) in [4.78, 5) is 42.5. The van der Waals surface area contributed by atoms with Gasteiger partial charge in [-0.25, -0.2) is 4.79 Å². The Labute approximate surface area is 238 Å². The molecule has 3 N–H and O–H groups in total. The molecule has 1 saturated heterocycles. The SMILES string of the molecule is C=CCOC(=O)NC(CCC1CCNC1)C(=O)c1noc(Cc2ccc(C(=O)NC3Cc4ccccc4C3)cc2)n1. The number of hydrogen-bond acceptors (Lipinski definition) is 8. The zero-order valence-electron chi connectivity index (χ0n) is 22.9. The maximum Gasteiger partial charge on any atom is 0.408 e. The molecule has 0 saturated carbocycles. The van der Waals surface area contributed by atoms with E-state index in [1.807, 2.05) is 24.3 Å². The van der Waals surface area contributed by atoms with E-state index in [4.69, 9.17) is 9.26 Å². The highest BCUT2D eigenvalue weighted by molar-refractivity contribution is 5.98. The summed E-state index contributed by atoms with van der Waals surface area (Å²) in [5, 5.41) is 13.0. The predicted molar refractivity (Wildman–Crippen MR) is 152 cm³/mol. The summed E-state index contributed by atoms with van der Waals surface area (Å²) >= 11 is 0. The molecule has 1 aliphatic carbocycles. The fraction of sp³-hybridized carbons (Fsp3) is 0.387. The van der Waals surface area contributed by atoms with Crippen LogP contribution >= 0.6 is 0 Å². The average Bonchev–Trinajstić information content (AvgIpc) is 3.75. The zero-order valence-corrected chi connectivity index (χ0v) is 22.9. The number of rotatable bonds is 12. The van der Waals surface area contributed by atoms with Crippen molar-refractivity contribution in [3.05, 3.63) is 95.2 Å². The van der Waals surface area contributed by atoms with Crippen LogP contribution in [0.4, 0.5) is 4.79 Å². The number of hydrogen-bond donors (Lipinski definition) is 3. The molecule has 2 aromatic carbocycles. The number of Topliss-reactive ketones (excluding diaryl/α,β-unsaturated/α-hetero) is 1. The molecule has 0 radical (unpaired) electrons. The van der Waals surface area contributed by atoms with Crippen molar-refractivity contribution in [3.8, 4) is 0 Å². The van der Waals surface area contributed by atoms with Gasteiger partial charge in [-0.2, -0.15) is 4.98 Å². The van der Waals surface area contributed by atoms with Crippen LogP contribution in [0.3, 0.4) is 0 Å². The minimum absolute atomic E-state index is 0.0426. The topological polar surface area (TPSA) is 135 Å². The largest absolute Gasteiger partial charge is 0.445 e. The van der Waals surface area contributed by atoms with Crippen LogP contribution in [-0.2, 0) is 24.0 Å². The van der Waals surface area contributed by atoms with Crippen LogP contribution < -0.4 is 16.0 Å². The molecule has 214 valence electrons. The number of nitrogens with zero attached hydrogens (tertiary/aromatic N) is 2. The highest BCUT2D eigenvalue weighted by atomic mass is 16.5. The number of fused-ring (bicyclic) bond motifs is 1. The molecule has 10 heteroatoms. The molecule has 1 fully saturated rings. The van der Waals surface area contributed by atoms with Gasteiger partial charge in [-0.1, -0.05) is 54.2 Å². The molecule has 2 unspecified atom stereocenters. The Kier molecular flexibility index (Phi) is 9.20. The average molecular weight is 558 g/mol. The Morgan fingerprint density at radius 2 is 1.88 bits per heavy atom. The predicted octanol–water partition coefficient (Wildman–Crippen LogP) is 3.41. The van der Waals surface area contributed by atoms with Crippen LogP contribution in [0.15, 0.2) is 65.7 Å². The van der Waals surface area contributed by atoms with Gasteiger partial charge in [0.15, 0.2) is 0 Å². The Balaban J connectivity index is 1.16. The van der Waals surface area contributed by atoms with E-state index in [1.165, 1.54) is 17.2 Å². The van der Waals surface area contributed by atoms with Gasteiger partial charge in [0.1, 0.15) is 6.61 Å². The van der Waals surface area contributed by atoms with Crippen LogP contribution in [0.2, 0.25) is 0 Å². The summed E-state index contributed by atoms with van der Waals surface area (Å²) in [5.74, 6) is 0.0761. The van der Waals surface area contributed by atoms with Crippen molar-refractivity contribution in [3.63, 3.8) is 0 Å². The smallest absolute Gasteiger partial charge is 0.408 e. The molecule has 0 bridgehead atoms. The minimum Gasteiger partial charge on any atom is -0.445 e. The van der Waals surface area contributed by atoms with Crippen molar-refractivity contribution in [1.29, 1.82) is 0 Å². The molecule has 3 aromatic rings. The monoisotopic (exact) mass is 557 g/mol. The first-order valence-electron chi connectivity index (χ1n) is 14.1. The molecular weight excluding hydrogens is 522 g/mol. The first-order chi connectivity index (χ1) is 20.0. The summed E-state index contributed by atoms with van der Waals surface area (Å²) < 4.78 is 10.4. The van der Waals surface area contributed by atoms with E-state index in [1.54, 1.807) is 12.1 Å². The van der Waals surface area contributed by atoms with Gasteiger partial charge in [0.05, 0.1) is 12.5 Å². The summed E-state index contributed by atoms with van der Waals surface area (Å²) in [5.41, 5.74) is 3.99. The lowest BCUT2D eigenvalue weighted by atomic mass is 9.97. The lowest BCUT2D eigenvalue weighted by Gasteiger charge is -2.17. The Bertz CT molecular complexity index is 1350. The molecule has 41 heavy (non-hydrogen) atoms. The summed E-state index contributed by atoms with van der Waals surface area (Å²) in [7, 11) is 0. The first kappa shape index (κ1) is 28.2. The van der Waals surface area contributed by atoms with E-state index in [0.717, 1.165) is 44.3 Å². The van der Waals surface area contributed by atoms with Crippen molar-refractivity contribution in [2.75, 3.05) is 19.7 Å². The maximum atomic E-state index is 13.2. The van der Waals surface area contributed by atoms with E-state index in [2.05, 4.69) is 44.8 Å². The van der Waals surface area contributed by atoms with Gasteiger partial charge < -0.3 is 25.2 Å². The normalized spacial score (nSPS) is 17.0. The first-order valence-corrected chi connectivity index (χ1v) is 14.1. The van der Waals surface area contributed by atoms with Crippen molar-refractivity contribution < 1.29 is 23.6 Å². The Hall–Kier alpha value is -4.31. The quantitative estimate of drug-likeness (QED) is 0.228. The van der Waals surface area contributed by atoms with E-state index in [9.17, 15) is 14.4 Å². The number of amides is 2. The van der Waals surface area contributed by atoms with E-state index >= 15 is 0 Å². The van der Waals surface area contributed by atoms with Crippen molar-refractivity contribution in [2.24, 2.45) is 5.92 Å². The second kappa shape index (κ2) is 13.4. The second-order valence-corrected chi connectivity index (χ2v) is 10.6. The lowest BCUT2D eigenvalue weighted by molar-refractivity contribution is 0.0903. The number of nitrogens with one attached hydrogen (secondary N) is 3. The highest BCUT2D eigenvalue weighted by Gasteiger charge is 2.29. The van der Waals surface area contributed by atoms with Crippen LogP contribution in [0.5, 0.6) is 0 Å². The second-order valence-electron chi connectivity index (χ2n) is 10.6. The number of ether oxygens (including phenoxy) is 1. The van der Waals surface area contributed by atoms with Crippen molar-refractivity contribution >= 4 is 17.8 Å². The third-order valence-electron chi connectivity index (χ3n) is 7.61. The third kappa shape index (κ3) is 7.46. The van der Waals surface area contributed by atoms with E-state index in [-0.39, 0.29) is 30.3 Å². The van der Waals surface area contributed by atoms with Crippen molar-refractivity contribution in [2.45, 2.75) is 50.6 Å². The number of ketones is 1. The van der Waals surface area contributed by atoms with E-state index < -0.39 is 17.9 Å². The summed E-state index contributed by atoms with van der Waals surface area (Å²) in [6.07, 6.45) is 4.97. The number of carbonyl (C=O) groups is 3. The fourth-order valence-corrected chi connectivity index (χ4v) is 5.41. The van der Waals surface area contributed by atoms with Gasteiger partial charge in [-0.3, -0.25) is 9.59 Å². The van der Waals surface area contributed by atoms with Gasteiger partial charge >= 0.3 is 6.09 Å². The highest BCUT2D eigenvalue weighted by Crippen LogP contribution is 2.22. The molecule has 5 rings (SSSR count). The van der Waals surface area contributed by atoms with Gasteiger partial charge in [-0.15, -0.1) is 0 Å². The molecule has 2 amide bonds. The molecule has 2 atom stereocenters. The summed E-state index contributed by atoms with van der Waals surface area (Å²) in [6, 6.07) is 14.7. The molecule has 1 aliphatic heterocycles. The van der Waals surface area contributed by atoms with E-state index in [0.29, 0.717) is 24.3 Å². The lowest BCUT2D eigenvalue weighted by Crippen LogP contribution is -2.42. The molecule has 2 heterocycles. The summed E-state index contributed by atoms with van der Waals surface area (Å²) in [6.45, 7) is 5.42. The maximum absolute atomic E-state index is 13.2. The Morgan fingerprint density at radius 1 is 1.12 bits per heavy atom. The van der Waals surface area contributed by atoms with Gasteiger partial charge in [0.2, 0.25) is 17.5 Å². The van der Waals surface area contributed by atoms with Gasteiger partial charge in [0, 0.05) is 11.6 Å². The van der Waals surface area contributed by atoms with Crippen LogP contribution in [0.25, 0.3) is 0 Å². The molecular formula is C31H35N5O5. The van der Waals surface area contributed by atoms with Crippen LogP contribution in [-0.4, -0.2) is 59.7 Å². The molecule has 1 aromatic heterocycles. The van der Waals surface area contributed by atoms with Crippen molar-refractivity contribution in [1.82, 2.24) is 26.1 Å².